The summed E-state index contributed by atoms with van der Waals surface area (Å²) in [6.07, 6.45) is 8.53. The normalized spacial score (nSPS) is 14.8. The fourth-order valence-corrected chi connectivity index (χ4v) is 6.97. The van der Waals surface area contributed by atoms with Crippen LogP contribution in [0.1, 0.15) is 49.4 Å². The molecule has 0 aliphatic heterocycles. The predicted octanol–water partition coefficient (Wildman–Crippen LogP) is 5.42. The zero-order chi connectivity index (χ0) is 23.0. The molecule has 0 spiro atoms. The number of sulfonamides is 1. The summed E-state index contributed by atoms with van der Waals surface area (Å²) in [5.74, 6) is 0.797. The molecule has 1 aliphatic carbocycles. The van der Waals surface area contributed by atoms with Gasteiger partial charge in [0.25, 0.3) is 15.9 Å². The quantitative estimate of drug-likeness (QED) is 0.354. The molecule has 0 saturated heterocycles. The Labute approximate surface area is 200 Å². The maximum Gasteiger partial charge on any atom is 0.264 e. The second-order valence-corrected chi connectivity index (χ2v) is 11.9. The Morgan fingerprint density at radius 3 is 2.28 bits per heavy atom. The maximum atomic E-state index is 13.1. The zero-order valence-corrected chi connectivity index (χ0v) is 21.2. The molecular formula is C24H32N2O3S3. The van der Waals surface area contributed by atoms with Crippen molar-refractivity contribution in [1.82, 2.24) is 5.32 Å². The van der Waals surface area contributed by atoms with Crippen molar-refractivity contribution in [2.24, 2.45) is 0 Å². The monoisotopic (exact) mass is 492 g/mol. The van der Waals surface area contributed by atoms with Crippen LogP contribution in [-0.2, 0) is 10.0 Å². The molecular weight excluding hydrogens is 460 g/mol. The number of nitrogens with zero attached hydrogens (tertiary/aromatic N) is 1. The molecule has 0 unspecified atom stereocenters. The summed E-state index contributed by atoms with van der Waals surface area (Å²) in [5, 5.41) is 3.71. The van der Waals surface area contributed by atoms with Gasteiger partial charge in [0.05, 0.1) is 10.6 Å². The van der Waals surface area contributed by atoms with E-state index < -0.39 is 10.0 Å². The Bertz CT molecular complexity index is 971. The van der Waals surface area contributed by atoms with Crippen LogP contribution < -0.4 is 9.62 Å². The van der Waals surface area contributed by atoms with Crippen molar-refractivity contribution in [3.63, 3.8) is 0 Å². The lowest BCUT2D eigenvalue weighted by Gasteiger charge is -2.23. The van der Waals surface area contributed by atoms with Crippen LogP contribution in [0.15, 0.2) is 58.3 Å². The molecule has 8 heteroatoms. The van der Waals surface area contributed by atoms with Crippen LogP contribution in [-0.4, -0.2) is 44.7 Å². The van der Waals surface area contributed by atoms with Crippen LogP contribution in [0.2, 0.25) is 0 Å². The Morgan fingerprint density at radius 1 is 1.03 bits per heavy atom. The minimum absolute atomic E-state index is 0.126. The summed E-state index contributed by atoms with van der Waals surface area (Å²) >= 11 is 3.53. The van der Waals surface area contributed by atoms with Gasteiger partial charge in [-0.2, -0.15) is 11.8 Å². The molecule has 3 rings (SSSR count). The third-order valence-electron chi connectivity index (χ3n) is 5.65. The molecule has 32 heavy (non-hydrogen) atoms. The summed E-state index contributed by atoms with van der Waals surface area (Å²) in [7, 11) is -3.67. The summed E-state index contributed by atoms with van der Waals surface area (Å²) in [6.45, 7) is 2.75. The molecule has 0 atom stereocenters. The van der Waals surface area contributed by atoms with E-state index in [1.165, 1.54) is 36.4 Å². The first-order chi connectivity index (χ1) is 15.5. The standard InChI is InChI=1S/C24H32N2O3S3/c1-3-26(32(28,29)23-15-13-21(30-2)14-16-23)20-11-9-19(10-12-20)24(27)25-17-18-31-22-7-5-4-6-8-22/h9-16,22H,3-8,17-18H2,1-2H3,(H,25,27). The van der Waals surface area contributed by atoms with Gasteiger partial charge in [0.15, 0.2) is 0 Å². The number of benzene rings is 2. The molecule has 1 aliphatic rings. The van der Waals surface area contributed by atoms with Crippen LogP contribution in [0.25, 0.3) is 0 Å². The van der Waals surface area contributed by atoms with E-state index in [0.717, 1.165) is 15.9 Å². The Balaban J connectivity index is 1.59. The van der Waals surface area contributed by atoms with Crippen LogP contribution in [0.5, 0.6) is 0 Å². The van der Waals surface area contributed by atoms with Gasteiger partial charge in [-0.05, 0) is 74.6 Å². The number of nitrogens with one attached hydrogen (secondary N) is 1. The molecule has 1 saturated carbocycles. The van der Waals surface area contributed by atoms with Gasteiger partial charge in [-0.3, -0.25) is 9.10 Å². The first-order valence-electron chi connectivity index (χ1n) is 11.1. The largest absolute Gasteiger partial charge is 0.351 e. The number of hydrogen-bond donors (Lipinski definition) is 1. The van der Waals surface area contributed by atoms with Crippen molar-refractivity contribution in [1.29, 1.82) is 0 Å². The van der Waals surface area contributed by atoms with Crippen LogP contribution in [0.3, 0.4) is 0 Å². The van der Waals surface area contributed by atoms with Crippen LogP contribution >= 0.6 is 23.5 Å². The molecule has 1 amide bonds. The van der Waals surface area contributed by atoms with E-state index in [4.69, 9.17) is 0 Å². The molecule has 0 heterocycles. The number of anilines is 1. The van der Waals surface area contributed by atoms with Gasteiger partial charge >= 0.3 is 0 Å². The van der Waals surface area contributed by atoms with Crippen molar-refractivity contribution < 1.29 is 13.2 Å². The van der Waals surface area contributed by atoms with Gasteiger partial charge in [-0.25, -0.2) is 8.42 Å². The van der Waals surface area contributed by atoms with Crippen molar-refractivity contribution in [3.05, 3.63) is 54.1 Å². The smallest absolute Gasteiger partial charge is 0.264 e. The third kappa shape index (κ3) is 6.45. The lowest BCUT2D eigenvalue weighted by Crippen LogP contribution is -2.31. The highest BCUT2D eigenvalue weighted by molar-refractivity contribution is 7.99. The molecule has 0 aromatic heterocycles. The van der Waals surface area contributed by atoms with Crippen molar-refractivity contribution in [3.8, 4) is 0 Å². The predicted molar refractivity (Wildman–Crippen MR) is 137 cm³/mol. The highest BCUT2D eigenvalue weighted by Crippen LogP contribution is 2.28. The second-order valence-electron chi connectivity index (χ2n) is 7.78. The number of rotatable bonds is 10. The second kappa shape index (κ2) is 12.0. The van der Waals surface area contributed by atoms with E-state index in [-0.39, 0.29) is 10.8 Å². The summed E-state index contributed by atoms with van der Waals surface area (Å²) in [4.78, 5) is 13.7. The molecule has 2 aromatic carbocycles. The van der Waals surface area contributed by atoms with Gasteiger partial charge < -0.3 is 5.32 Å². The maximum absolute atomic E-state index is 13.1. The zero-order valence-electron chi connectivity index (χ0n) is 18.7. The number of carbonyl (C=O) groups excluding carboxylic acids is 1. The molecule has 0 bridgehead atoms. The molecule has 1 fully saturated rings. The number of thioether (sulfide) groups is 2. The van der Waals surface area contributed by atoms with E-state index >= 15 is 0 Å². The summed E-state index contributed by atoms with van der Waals surface area (Å²) in [5.41, 5.74) is 1.08. The Morgan fingerprint density at radius 2 is 1.69 bits per heavy atom. The van der Waals surface area contributed by atoms with Crippen molar-refractivity contribution >= 4 is 45.1 Å². The van der Waals surface area contributed by atoms with Gasteiger partial charge in [0.2, 0.25) is 0 Å². The third-order valence-corrected chi connectivity index (χ3v) is 9.69. The lowest BCUT2D eigenvalue weighted by molar-refractivity contribution is 0.0956. The van der Waals surface area contributed by atoms with Crippen LogP contribution in [0.4, 0.5) is 5.69 Å². The van der Waals surface area contributed by atoms with E-state index in [0.29, 0.717) is 24.3 Å². The Hall–Kier alpha value is -1.64. The SMILES string of the molecule is CCN(c1ccc(C(=O)NCCSC2CCCCC2)cc1)S(=O)(=O)c1ccc(SC)cc1. The molecule has 5 nitrogen and oxygen atoms in total. The number of carbonyl (C=O) groups is 1. The van der Waals surface area contributed by atoms with Gasteiger partial charge in [-0.1, -0.05) is 19.3 Å². The minimum atomic E-state index is -3.67. The fraction of sp³-hybridized carbons (Fsp3) is 0.458. The molecule has 0 radical (unpaired) electrons. The van der Waals surface area contributed by atoms with Crippen LogP contribution in [0, 0.1) is 0 Å². The molecule has 1 N–H and O–H groups in total. The number of amides is 1. The average Bonchev–Trinajstić information content (AvgIpc) is 2.83. The molecule has 2 aromatic rings. The average molecular weight is 493 g/mol. The van der Waals surface area contributed by atoms with Crippen molar-refractivity contribution in [2.75, 3.05) is 29.4 Å². The van der Waals surface area contributed by atoms with Gasteiger partial charge in [0, 0.05) is 34.6 Å². The van der Waals surface area contributed by atoms with Crippen molar-refractivity contribution in [2.45, 2.75) is 54.1 Å². The van der Waals surface area contributed by atoms with E-state index in [1.54, 1.807) is 55.1 Å². The summed E-state index contributed by atoms with van der Waals surface area (Å²) in [6, 6.07) is 13.7. The molecule has 174 valence electrons. The van der Waals surface area contributed by atoms with E-state index in [1.807, 2.05) is 30.2 Å². The Kier molecular flexibility index (Phi) is 9.37. The van der Waals surface area contributed by atoms with E-state index in [2.05, 4.69) is 5.32 Å². The highest BCUT2D eigenvalue weighted by Gasteiger charge is 2.23. The first-order valence-corrected chi connectivity index (χ1v) is 14.8. The van der Waals surface area contributed by atoms with Gasteiger partial charge in [-0.15, -0.1) is 11.8 Å². The minimum Gasteiger partial charge on any atom is -0.351 e. The summed E-state index contributed by atoms with van der Waals surface area (Å²) < 4.78 is 27.6. The highest BCUT2D eigenvalue weighted by atomic mass is 32.2. The topological polar surface area (TPSA) is 66.5 Å². The fourth-order valence-electron chi connectivity index (χ4n) is 3.87. The number of hydrogen-bond acceptors (Lipinski definition) is 5. The van der Waals surface area contributed by atoms with Gasteiger partial charge in [0.1, 0.15) is 0 Å². The lowest BCUT2D eigenvalue weighted by atomic mass is 10.0. The van der Waals surface area contributed by atoms with E-state index in [9.17, 15) is 13.2 Å². The first kappa shape index (κ1) is 25.0.